The third kappa shape index (κ3) is 2.35. The van der Waals surface area contributed by atoms with Gasteiger partial charge in [0.15, 0.2) is 0 Å². The third-order valence-electron chi connectivity index (χ3n) is 4.52. The van der Waals surface area contributed by atoms with Crippen LogP contribution >= 0.6 is 11.3 Å². The van der Waals surface area contributed by atoms with Crippen molar-refractivity contribution >= 4 is 23.2 Å². The van der Waals surface area contributed by atoms with Crippen LogP contribution in [0, 0.1) is 0 Å². The first-order valence-electron chi connectivity index (χ1n) is 7.16. The number of thiophene rings is 1. The second kappa shape index (κ2) is 5.20. The largest absolute Gasteiger partial charge is 0.343 e. The molecule has 2 saturated heterocycles. The minimum absolute atomic E-state index is 0.167. The molecular formula is C15H20N2O2S. The fraction of sp³-hybridized carbons (Fsp3) is 0.600. The van der Waals surface area contributed by atoms with Crippen LogP contribution in [0.15, 0.2) is 16.8 Å². The van der Waals surface area contributed by atoms with Gasteiger partial charge in [0, 0.05) is 20.1 Å². The van der Waals surface area contributed by atoms with Gasteiger partial charge in [-0.15, -0.1) is 0 Å². The molecule has 2 aliphatic rings. The van der Waals surface area contributed by atoms with E-state index in [-0.39, 0.29) is 17.4 Å². The van der Waals surface area contributed by atoms with Gasteiger partial charge in [-0.2, -0.15) is 11.3 Å². The SMILES string of the molecule is CN1CC2(CCCCN2C(=O)Cc2ccsc2)CC1=O. The molecule has 20 heavy (non-hydrogen) atoms. The number of piperidine rings is 1. The van der Waals surface area contributed by atoms with Crippen LogP contribution in [0.4, 0.5) is 0 Å². The molecule has 0 saturated carbocycles. The average molecular weight is 292 g/mol. The minimum atomic E-state index is -0.239. The van der Waals surface area contributed by atoms with E-state index in [0.717, 1.165) is 31.4 Å². The molecule has 0 aliphatic carbocycles. The van der Waals surface area contributed by atoms with Crippen LogP contribution in [0.3, 0.4) is 0 Å². The molecule has 1 aromatic heterocycles. The zero-order valence-corrected chi connectivity index (χ0v) is 12.6. The molecule has 4 nitrogen and oxygen atoms in total. The molecule has 0 bridgehead atoms. The lowest BCUT2D eigenvalue weighted by Gasteiger charge is -2.44. The number of carbonyl (C=O) groups excluding carboxylic acids is 2. The fourth-order valence-corrected chi connectivity index (χ4v) is 4.17. The number of likely N-dealkylation sites (tertiary alicyclic amines) is 2. The van der Waals surface area contributed by atoms with Crippen molar-refractivity contribution in [1.82, 2.24) is 9.80 Å². The number of nitrogens with zero attached hydrogens (tertiary/aromatic N) is 2. The van der Waals surface area contributed by atoms with Crippen molar-refractivity contribution < 1.29 is 9.59 Å². The average Bonchev–Trinajstić information content (AvgIpc) is 3.00. The van der Waals surface area contributed by atoms with E-state index >= 15 is 0 Å². The summed E-state index contributed by atoms with van der Waals surface area (Å²) in [4.78, 5) is 28.3. The van der Waals surface area contributed by atoms with Crippen molar-refractivity contribution in [3.8, 4) is 0 Å². The van der Waals surface area contributed by atoms with Gasteiger partial charge < -0.3 is 9.80 Å². The lowest BCUT2D eigenvalue weighted by Crippen LogP contribution is -2.56. The first-order valence-corrected chi connectivity index (χ1v) is 8.10. The Labute approximate surface area is 123 Å². The molecule has 3 heterocycles. The molecule has 3 rings (SSSR count). The van der Waals surface area contributed by atoms with E-state index in [1.54, 1.807) is 16.2 Å². The summed E-state index contributed by atoms with van der Waals surface area (Å²) in [5.41, 5.74) is 0.843. The molecule has 2 aliphatic heterocycles. The topological polar surface area (TPSA) is 40.6 Å². The standard InChI is InChI=1S/C15H20N2O2S/c1-16-11-15(9-14(16)19)5-2-3-6-17(15)13(18)8-12-4-7-20-10-12/h4,7,10H,2-3,5-6,8-9,11H2,1H3. The van der Waals surface area contributed by atoms with Crippen LogP contribution in [0.5, 0.6) is 0 Å². The van der Waals surface area contributed by atoms with Gasteiger partial charge in [-0.05, 0) is 41.7 Å². The summed E-state index contributed by atoms with van der Waals surface area (Å²) in [5.74, 6) is 0.339. The van der Waals surface area contributed by atoms with E-state index < -0.39 is 0 Å². The molecule has 0 radical (unpaired) electrons. The maximum atomic E-state index is 12.6. The molecule has 2 fully saturated rings. The molecule has 1 aromatic rings. The van der Waals surface area contributed by atoms with Crippen LogP contribution in [-0.4, -0.2) is 47.3 Å². The second-order valence-electron chi connectivity index (χ2n) is 5.96. The zero-order chi connectivity index (χ0) is 14.2. The first kappa shape index (κ1) is 13.6. The van der Waals surface area contributed by atoms with Crippen LogP contribution in [0.1, 0.15) is 31.2 Å². The van der Waals surface area contributed by atoms with Crippen molar-refractivity contribution in [1.29, 1.82) is 0 Å². The third-order valence-corrected chi connectivity index (χ3v) is 5.25. The number of hydrogen-bond donors (Lipinski definition) is 0. The van der Waals surface area contributed by atoms with Gasteiger partial charge in [0.05, 0.1) is 18.4 Å². The van der Waals surface area contributed by atoms with Gasteiger partial charge in [0.25, 0.3) is 0 Å². The summed E-state index contributed by atoms with van der Waals surface area (Å²) in [6.07, 6.45) is 4.08. The van der Waals surface area contributed by atoms with E-state index in [0.29, 0.717) is 19.4 Å². The van der Waals surface area contributed by atoms with Gasteiger partial charge in [-0.3, -0.25) is 9.59 Å². The molecule has 108 valence electrons. The Morgan fingerprint density at radius 1 is 1.45 bits per heavy atom. The molecule has 1 spiro atoms. The van der Waals surface area contributed by atoms with Gasteiger partial charge in [0.2, 0.25) is 11.8 Å². The fourth-order valence-electron chi connectivity index (χ4n) is 3.50. The van der Waals surface area contributed by atoms with Gasteiger partial charge in [-0.1, -0.05) is 0 Å². The van der Waals surface area contributed by atoms with Crippen molar-refractivity contribution in [2.75, 3.05) is 20.1 Å². The van der Waals surface area contributed by atoms with E-state index in [2.05, 4.69) is 0 Å². The van der Waals surface area contributed by atoms with Gasteiger partial charge in [-0.25, -0.2) is 0 Å². The lowest BCUT2D eigenvalue weighted by atomic mass is 9.85. The van der Waals surface area contributed by atoms with Crippen LogP contribution in [0.2, 0.25) is 0 Å². The number of likely N-dealkylation sites (N-methyl/N-ethyl adjacent to an activating group) is 1. The highest BCUT2D eigenvalue weighted by Crippen LogP contribution is 2.37. The predicted octanol–water partition coefficient (Wildman–Crippen LogP) is 1.90. The molecule has 2 amide bonds. The summed E-state index contributed by atoms with van der Waals surface area (Å²) in [6.45, 7) is 1.49. The molecule has 1 atom stereocenters. The Morgan fingerprint density at radius 2 is 2.30 bits per heavy atom. The summed E-state index contributed by atoms with van der Waals surface area (Å²) < 4.78 is 0. The highest BCUT2D eigenvalue weighted by atomic mass is 32.1. The molecule has 1 unspecified atom stereocenters. The van der Waals surface area contributed by atoms with Crippen LogP contribution in [0.25, 0.3) is 0 Å². The maximum Gasteiger partial charge on any atom is 0.227 e. The van der Waals surface area contributed by atoms with Crippen molar-refractivity contribution in [2.45, 2.75) is 37.6 Å². The molecule has 5 heteroatoms. The Balaban J connectivity index is 1.79. The molecule has 0 N–H and O–H groups in total. The normalized spacial score (nSPS) is 26.6. The first-order chi connectivity index (χ1) is 9.61. The van der Waals surface area contributed by atoms with Crippen molar-refractivity contribution in [2.24, 2.45) is 0 Å². The number of amides is 2. The molecule has 0 aromatic carbocycles. The highest BCUT2D eigenvalue weighted by Gasteiger charge is 2.48. The maximum absolute atomic E-state index is 12.6. The van der Waals surface area contributed by atoms with Gasteiger partial charge >= 0.3 is 0 Å². The number of carbonyl (C=O) groups is 2. The minimum Gasteiger partial charge on any atom is -0.343 e. The Kier molecular flexibility index (Phi) is 3.54. The van der Waals surface area contributed by atoms with Crippen molar-refractivity contribution in [3.63, 3.8) is 0 Å². The summed E-state index contributed by atoms with van der Waals surface area (Å²) in [5, 5.41) is 4.03. The summed E-state index contributed by atoms with van der Waals surface area (Å²) in [7, 11) is 1.84. The van der Waals surface area contributed by atoms with E-state index in [1.165, 1.54) is 0 Å². The monoisotopic (exact) mass is 292 g/mol. The summed E-state index contributed by atoms with van der Waals surface area (Å²) >= 11 is 1.62. The van der Waals surface area contributed by atoms with Crippen molar-refractivity contribution in [3.05, 3.63) is 22.4 Å². The van der Waals surface area contributed by atoms with Crippen LogP contribution < -0.4 is 0 Å². The smallest absolute Gasteiger partial charge is 0.227 e. The van der Waals surface area contributed by atoms with E-state index in [9.17, 15) is 9.59 Å². The lowest BCUT2D eigenvalue weighted by molar-refractivity contribution is -0.138. The summed E-state index contributed by atoms with van der Waals surface area (Å²) in [6, 6.07) is 2.01. The second-order valence-corrected chi connectivity index (χ2v) is 6.74. The number of rotatable bonds is 2. The predicted molar refractivity (Wildman–Crippen MR) is 78.6 cm³/mol. The van der Waals surface area contributed by atoms with E-state index in [4.69, 9.17) is 0 Å². The molecular weight excluding hydrogens is 272 g/mol. The Bertz CT molecular complexity index is 514. The zero-order valence-electron chi connectivity index (χ0n) is 11.8. The Hall–Kier alpha value is -1.36. The quantitative estimate of drug-likeness (QED) is 0.835. The highest BCUT2D eigenvalue weighted by molar-refractivity contribution is 7.07. The van der Waals surface area contributed by atoms with E-state index in [1.807, 2.05) is 28.8 Å². The van der Waals surface area contributed by atoms with Crippen LogP contribution in [-0.2, 0) is 16.0 Å². The Morgan fingerprint density at radius 3 is 2.95 bits per heavy atom. The van der Waals surface area contributed by atoms with Gasteiger partial charge in [0.1, 0.15) is 0 Å². The number of hydrogen-bond acceptors (Lipinski definition) is 3.